The SMILES string of the molecule is CC(C)CCN1CCC(C#N)C(C)(C)C1. The van der Waals surface area contributed by atoms with Gasteiger partial charge in [-0.1, -0.05) is 27.7 Å². The summed E-state index contributed by atoms with van der Waals surface area (Å²) >= 11 is 0. The lowest BCUT2D eigenvalue weighted by molar-refractivity contribution is 0.0790. The molecule has 0 saturated carbocycles. The predicted molar refractivity (Wildman–Crippen MR) is 63.4 cm³/mol. The Morgan fingerprint density at radius 2 is 2.13 bits per heavy atom. The van der Waals surface area contributed by atoms with E-state index in [4.69, 9.17) is 5.26 Å². The van der Waals surface area contributed by atoms with Crippen LogP contribution in [-0.4, -0.2) is 24.5 Å². The lowest BCUT2D eigenvalue weighted by Gasteiger charge is -2.41. The topological polar surface area (TPSA) is 27.0 Å². The molecule has 1 saturated heterocycles. The molecule has 1 fully saturated rings. The first kappa shape index (κ1) is 12.5. The van der Waals surface area contributed by atoms with Gasteiger partial charge in [0, 0.05) is 6.54 Å². The molecule has 1 atom stereocenters. The van der Waals surface area contributed by atoms with Crippen LogP contribution in [0.4, 0.5) is 0 Å². The maximum Gasteiger partial charge on any atom is 0.0662 e. The molecule has 15 heavy (non-hydrogen) atoms. The van der Waals surface area contributed by atoms with Crippen LogP contribution in [0.1, 0.15) is 40.5 Å². The van der Waals surface area contributed by atoms with Crippen LogP contribution in [0.15, 0.2) is 0 Å². The molecule has 86 valence electrons. The van der Waals surface area contributed by atoms with Gasteiger partial charge in [-0.25, -0.2) is 0 Å². The van der Waals surface area contributed by atoms with Crippen LogP contribution in [-0.2, 0) is 0 Å². The molecule has 0 spiro atoms. The van der Waals surface area contributed by atoms with E-state index in [2.05, 4.69) is 38.7 Å². The molecule has 0 aromatic rings. The average molecular weight is 208 g/mol. The second-order valence-corrected chi connectivity index (χ2v) is 5.92. The van der Waals surface area contributed by atoms with Crippen LogP contribution in [0.25, 0.3) is 0 Å². The molecule has 1 heterocycles. The standard InChI is InChI=1S/C13H24N2/c1-11(2)5-7-15-8-6-12(9-14)13(3,4)10-15/h11-12H,5-8,10H2,1-4H3. The van der Waals surface area contributed by atoms with Gasteiger partial charge in [-0.3, -0.25) is 0 Å². The zero-order chi connectivity index (χ0) is 11.5. The molecule has 1 unspecified atom stereocenters. The van der Waals surface area contributed by atoms with Gasteiger partial charge in [0.2, 0.25) is 0 Å². The minimum absolute atomic E-state index is 0.171. The average Bonchev–Trinajstić information content (AvgIpc) is 2.13. The monoisotopic (exact) mass is 208 g/mol. The van der Waals surface area contributed by atoms with Gasteiger partial charge in [0.25, 0.3) is 0 Å². The van der Waals surface area contributed by atoms with Crippen LogP contribution < -0.4 is 0 Å². The highest BCUT2D eigenvalue weighted by Crippen LogP contribution is 2.34. The van der Waals surface area contributed by atoms with Gasteiger partial charge >= 0.3 is 0 Å². The van der Waals surface area contributed by atoms with E-state index in [1.807, 2.05) is 0 Å². The number of hydrogen-bond acceptors (Lipinski definition) is 2. The predicted octanol–water partition coefficient (Wildman–Crippen LogP) is 2.90. The van der Waals surface area contributed by atoms with Gasteiger partial charge in [0.05, 0.1) is 12.0 Å². The van der Waals surface area contributed by atoms with Gasteiger partial charge < -0.3 is 4.90 Å². The van der Waals surface area contributed by atoms with Crippen LogP contribution >= 0.6 is 0 Å². The Balaban J connectivity index is 2.44. The lowest BCUT2D eigenvalue weighted by Crippen LogP contribution is -2.45. The highest BCUT2D eigenvalue weighted by atomic mass is 15.1. The third-order valence-electron chi connectivity index (χ3n) is 3.49. The molecular formula is C13H24N2. The highest BCUT2D eigenvalue weighted by molar-refractivity contribution is 4.98. The number of rotatable bonds is 3. The smallest absolute Gasteiger partial charge is 0.0662 e. The van der Waals surface area contributed by atoms with E-state index in [0.717, 1.165) is 25.4 Å². The van der Waals surface area contributed by atoms with Crippen LogP contribution in [0, 0.1) is 28.6 Å². The maximum atomic E-state index is 9.06. The minimum Gasteiger partial charge on any atom is -0.303 e. The molecule has 0 aromatic carbocycles. The normalized spacial score (nSPS) is 26.5. The fraction of sp³-hybridized carbons (Fsp3) is 0.923. The maximum absolute atomic E-state index is 9.06. The summed E-state index contributed by atoms with van der Waals surface area (Å²) < 4.78 is 0. The van der Waals surface area contributed by atoms with E-state index in [0.29, 0.717) is 0 Å². The number of likely N-dealkylation sites (tertiary alicyclic amines) is 1. The Labute approximate surface area is 94.3 Å². The molecule has 0 amide bonds. The van der Waals surface area contributed by atoms with Gasteiger partial charge in [0.15, 0.2) is 0 Å². The quantitative estimate of drug-likeness (QED) is 0.713. The van der Waals surface area contributed by atoms with Crippen LogP contribution in [0.2, 0.25) is 0 Å². The van der Waals surface area contributed by atoms with Gasteiger partial charge in [-0.2, -0.15) is 5.26 Å². The summed E-state index contributed by atoms with van der Waals surface area (Å²) in [4.78, 5) is 2.52. The zero-order valence-electron chi connectivity index (χ0n) is 10.6. The molecule has 2 heteroatoms. The van der Waals surface area contributed by atoms with Crippen molar-refractivity contribution in [3.8, 4) is 6.07 Å². The Morgan fingerprint density at radius 1 is 1.47 bits per heavy atom. The van der Waals surface area contributed by atoms with Gasteiger partial charge in [0.1, 0.15) is 0 Å². The number of hydrogen-bond donors (Lipinski definition) is 0. The highest BCUT2D eigenvalue weighted by Gasteiger charge is 2.35. The first-order valence-corrected chi connectivity index (χ1v) is 6.07. The van der Waals surface area contributed by atoms with Gasteiger partial charge in [-0.05, 0) is 37.3 Å². The number of nitriles is 1. The van der Waals surface area contributed by atoms with Crippen molar-refractivity contribution < 1.29 is 0 Å². The first-order chi connectivity index (χ1) is 6.95. The Kier molecular flexibility index (Phi) is 4.16. The molecule has 0 N–H and O–H groups in total. The molecule has 1 rings (SSSR count). The van der Waals surface area contributed by atoms with E-state index in [-0.39, 0.29) is 11.3 Å². The fourth-order valence-corrected chi connectivity index (χ4v) is 2.34. The van der Waals surface area contributed by atoms with Gasteiger partial charge in [-0.15, -0.1) is 0 Å². The summed E-state index contributed by atoms with van der Waals surface area (Å²) in [5.74, 6) is 1.02. The second kappa shape index (κ2) is 4.99. The third kappa shape index (κ3) is 3.50. The van der Waals surface area contributed by atoms with E-state index in [1.54, 1.807) is 0 Å². The fourth-order valence-electron chi connectivity index (χ4n) is 2.34. The third-order valence-corrected chi connectivity index (χ3v) is 3.49. The van der Waals surface area contributed by atoms with Crippen molar-refractivity contribution >= 4 is 0 Å². The molecular weight excluding hydrogens is 184 g/mol. The lowest BCUT2D eigenvalue weighted by atomic mass is 9.74. The van der Waals surface area contributed by atoms with Crippen molar-refractivity contribution in [3.05, 3.63) is 0 Å². The van der Waals surface area contributed by atoms with E-state index < -0.39 is 0 Å². The Morgan fingerprint density at radius 3 is 2.60 bits per heavy atom. The Bertz CT molecular complexity index is 237. The van der Waals surface area contributed by atoms with E-state index in [1.165, 1.54) is 13.0 Å². The number of piperidine rings is 1. The molecule has 0 bridgehead atoms. The molecule has 0 aliphatic carbocycles. The molecule has 2 nitrogen and oxygen atoms in total. The summed E-state index contributed by atoms with van der Waals surface area (Å²) in [6.45, 7) is 12.4. The molecule has 1 aliphatic heterocycles. The summed E-state index contributed by atoms with van der Waals surface area (Å²) in [5.41, 5.74) is 0.171. The zero-order valence-corrected chi connectivity index (χ0v) is 10.6. The molecule has 0 aromatic heterocycles. The summed E-state index contributed by atoms with van der Waals surface area (Å²) in [5, 5.41) is 9.06. The van der Waals surface area contributed by atoms with Crippen molar-refractivity contribution in [1.82, 2.24) is 4.90 Å². The van der Waals surface area contributed by atoms with Crippen molar-refractivity contribution in [2.75, 3.05) is 19.6 Å². The Hall–Kier alpha value is -0.550. The van der Waals surface area contributed by atoms with Crippen LogP contribution in [0.3, 0.4) is 0 Å². The minimum atomic E-state index is 0.171. The van der Waals surface area contributed by atoms with E-state index >= 15 is 0 Å². The van der Waals surface area contributed by atoms with Crippen molar-refractivity contribution in [3.63, 3.8) is 0 Å². The van der Waals surface area contributed by atoms with Crippen LogP contribution in [0.5, 0.6) is 0 Å². The molecule has 0 radical (unpaired) electrons. The first-order valence-electron chi connectivity index (χ1n) is 6.07. The van der Waals surface area contributed by atoms with Crippen molar-refractivity contribution in [1.29, 1.82) is 5.26 Å². The second-order valence-electron chi connectivity index (χ2n) is 5.92. The summed E-state index contributed by atoms with van der Waals surface area (Å²) in [6.07, 6.45) is 2.31. The summed E-state index contributed by atoms with van der Waals surface area (Å²) in [7, 11) is 0. The largest absolute Gasteiger partial charge is 0.303 e. The van der Waals surface area contributed by atoms with Crippen molar-refractivity contribution in [2.45, 2.75) is 40.5 Å². The van der Waals surface area contributed by atoms with Crippen molar-refractivity contribution in [2.24, 2.45) is 17.3 Å². The summed E-state index contributed by atoms with van der Waals surface area (Å²) in [6, 6.07) is 2.45. The number of nitrogens with zero attached hydrogens (tertiary/aromatic N) is 2. The molecule has 1 aliphatic rings. The van der Waals surface area contributed by atoms with E-state index in [9.17, 15) is 0 Å².